The molecule has 1 aliphatic heterocycles. The van der Waals surface area contributed by atoms with E-state index in [1.165, 1.54) is 4.57 Å². The Labute approximate surface area is 160 Å². The van der Waals surface area contributed by atoms with Gasteiger partial charge < -0.3 is 15.2 Å². The summed E-state index contributed by atoms with van der Waals surface area (Å²) in [6.07, 6.45) is 0. The summed E-state index contributed by atoms with van der Waals surface area (Å²) in [4.78, 5) is 43.7. The number of nitrogens with two attached hydrogens (primary N) is 1. The first kappa shape index (κ1) is 18.0. The molecule has 3 aromatic rings. The lowest BCUT2D eigenvalue weighted by atomic mass is 10.1. The molecule has 2 aromatic heterocycles. The van der Waals surface area contributed by atoms with E-state index in [0.717, 1.165) is 22.4 Å². The summed E-state index contributed by atoms with van der Waals surface area (Å²) in [5.41, 5.74) is 6.79. The Morgan fingerprint density at radius 2 is 1.96 bits per heavy atom. The number of anilines is 2. The van der Waals surface area contributed by atoms with Crippen LogP contribution in [-0.4, -0.2) is 31.1 Å². The van der Waals surface area contributed by atoms with Crippen molar-refractivity contribution >= 4 is 28.7 Å². The van der Waals surface area contributed by atoms with Gasteiger partial charge in [0.1, 0.15) is 6.54 Å². The maximum atomic E-state index is 13.0. The van der Waals surface area contributed by atoms with Crippen LogP contribution in [0.5, 0.6) is 0 Å². The highest BCUT2D eigenvalue weighted by atomic mass is 16.2. The number of amides is 1. The van der Waals surface area contributed by atoms with E-state index >= 15 is 0 Å². The van der Waals surface area contributed by atoms with E-state index in [2.05, 4.69) is 16.8 Å². The predicted octanol–water partition coefficient (Wildman–Crippen LogP) is 0.478. The van der Waals surface area contributed by atoms with Crippen LogP contribution in [0.2, 0.25) is 0 Å². The normalized spacial score (nSPS) is 16.4. The minimum atomic E-state index is -0.744. The smallest absolute Gasteiger partial charge is 0.332 e. The zero-order valence-electron chi connectivity index (χ0n) is 16.0. The molecule has 1 atom stereocenters. The van der Waals surface area contributed by atoms with Gasteiger partial charge in [0.05, 0.1) is 0 Å². The van der Waals surface area contributed by atoms with Gasteiger partial charge >= 0.3 is 5.69 Å². The van der Waals surface area contributed by atoms with Crippen molar-refractivity contribution in [1.82, 2.24) is 18.7 Å². The molecule has 1 amide bonds. The lowest BCUT2D eigenvalue weighted by Gasteiger charge is -2.33. The van der Waals surface area contributed by atoms with Gasteiger partial charge in [0.25, 0.3) is 5.56 Å². The number of benzene rings is 1. The quantitative estimate of drug-likeness (QED) is 0.709. The summed E-state index contributed by atoms with van der Waals surface area (Å²) < 4.78 is 4.01. The molecule has 146 valence electrons. The van der Waals surface area contributed by atoms with Gasteiger partial charge in [-0.1, -0.05) is 25.1 Å². The fraction of sp³-hybridized carbons (Fsp3) is 0.368. The molecule has 0 saturated carbocycles. The monoisotopic (exact) mass is 382 g/mol. The average molecular weight is 382 g/mol. The molecular formula is C19H22N6O3. The van der Waals surface area contributed by atoms with Crippen LogP contribution in [0.15, 0.2) is 33.9 Å². The van der Waals surface area contributed by atoms with E-state index in [1.54, 1.807) is 7.05 Å². The minimum Gasteiger partial charge on any atom is -0.368 e. The number of hydrogen-bond donors (Lipinski definition) is 1. The van der Waals surface area contributed by atoms with Gasteiger partial charge in [-0.2, -0.15) is 4.98 Å². The first-order valence-corrected chi connectivity index (χ1v) is 9.11. The number of carbonyl (C=O) groups is 1. The molecule has 0 fully saturated rings. The first-order chi connectivity index (χ1) is 13.3. The molecule has 0 radical (unpaired) electrons. The summed E-state index contributed by atoms with van der Waals surface area (Å²) >= 11 is 0. The molecule has 0 spiro atoms. The Morgan fingerprint density at radius 1 is 1.25 bits per heavy atom. The Balaban J connectivity index is 2.04. The van der Waals surface area contributed by atoms with E-state index in [9.17, 15) is 14.4 Å². The largest absolute Gasteiger partial charge is 0.368 e. The number of imidazole rings is 1. The molecule has 9 nitrogen and oxygen atoms in total. The zero-order chi connectivity index (χ0) is 20.2. The molecule has 2 N–H and O–H groups in total. The molecule has 3 heterocycles. The molecule has 28 heavy (non-hydrogen) atoms. The standard InChI is InChI=1S/C19H22N6O3/c1-11-8-23(13-7-5-4-6-12(13)2)18-21-16-15(24(18)9-11)17(27)25(10-14(20)26)19(28)22(16)3/h4-7,11H,8-10H2,1-3H3,(H2,20,26)/t11-/m1/s1. The van der Waals surface area contributed by atoms with Crippen molar-refractivity contribution in [2.24, 2.45) is 18.7 Å². The van der Waals surface area contributed by atoms with Crippen molar-refractivity contribution in [2.45, 2.75) is 26.9 Å². The third-order valence-electron chi connectivity index (χ3n) is 5.16. The zero-order valence-corrected chi connectivity index (χ0v) is 16.0. The molecule has 4 rings (SSSR count). The number of rotatable bonds is 3. The van der Waals surface area contributed by atoms with Gasteiger partial charge in [-0.15, -0.1) is 0 Å². The highest BCUT2D eigenvalue weighted by molar-refractivity contribution is 5.78. The number of aromatic nitrogens is 4. The van der Waals surface area contributed by atoms with Crippen molar-refractivity contribution in [1.29, 1.82) is 0 Å². The number of nitrogens with zero attached hydrogens (tertiary/aromatic N) is 5. The van der Waals surface area contributed by atoms with Crippen LogP contribution < -0.4 is 21.9 Å². The molecule has 1 aromatic carbocycles. The van der Waals surface area contributed by atoms with E-state index < -0.39 is 23.7 Å². The molecule has 1 aliphatic rings. The van der Waals surface area contributed by atoms with Crippen molar-refractivity contribution in [3.05, 3.63) is 50.7 Å². The van der Waals surface area contributed by atoms with Crippen molar-refractivity contribution < 1.29 is 4.79 Å². The Kier molecular flexibility index (Phi) is 4.10. The van der Waals surface area contributed by atoms with Crippen molar-refractivity contribution in [3.63, 3.8) is 0 Å². The third-order valence-corrected chi connectivity index (χ3v) is 5.16. The second-order valence-corrected chi connectivity index (χ2v) is 7.40. The summed E-state index contributed by atoms with van der Waals surface area (Å²) in [5.74, 6) is 0.129. The lowest BCUT2D eigenvalue weighted by Crippen LogP contribution is -2.43. The average Bonchev–Trinajstić information content (AvgIpc) is 3.02. The van der Waals surface area contributed by atoms with E-state index in [4.69, 9.17) is 5.73 Å². The highest BCUT2D eigenvalue weighted by Gasteiger charge is 2.30. The maximum absolute atomic E-state index is 13.0. The van der Waals surface area contributed by atoms with Gasteiger partial charge in [-0.25, -0.2) is 9.36 Å². The SMILES string of the molecule is Cc1ccccc1N1C[C@@H](C)Cn2c1nc1c2c(=O)n(CC(N)=O)c(=O)n1C. The lowest BCUT2D eigenvalue weighted by molar-refractivity contribution is -0.118. The van der Waals surface area contributed by atoms with Crippen molar-refractivity contribution in [2.75, 3.05) is 11.4 Å². The Morgan fingerprint density at radius 3 is 2.64 bits per heavy atom. The van der Waals surface area contributed by atoms with Crippen molar-refractivity contribution in [3.8, 4) is 0 Å². The number of para-hydroxylation sites is 1. The van der Waals surface area contributed by atoms with Crippen LogP contribution in [0, 0.1) is 12.8 Å². The van der Waals surface area contributed by atoms with Gasteiger partial charge in [-0.05, 0) is 24.5 Å². The topological polar surface area (TPSA) is 108 Å². The van der Waals surface area contributed by atoms with E-state index in [0.29, 0.717) is 23.7 Å². The summed E-state index contributed by atoms with van der Waals surface area (Å²) in [6.45, 7) is 5.01. The van der Waals surface area contributed by atoms with Crippen LogP contribution in [0.25, 0.3) is 11.2 Å². The third kappa shape index (κ3) is 2.62. The van der Waals surface area contributed by atoms with Gasteiger partial charge in [0, 0.05) is 25.8 Å². The van der Waals surface area contributed by atoms with Gasteiger partial charge in [0.2, 0.25) is 11.9 Å². The summed E-state index contributed by atoms with van der Waals surface area (Å²) in [6, 6.07) is 7.98. The molecule has 0 unspecified atom stereocenters. The Bertz CT molecular complexity index is 1220. The fourth-order valence-corrected chi connectivity index (χ4v) is 3.87. The summed E-state index contributed by atoms with van der Waals surface area (Å²) in [7, 11) is 1.54. The predicted molar refractivity (Wildman–Crippen MR) is 106 cm³/mol. The van der Waals surface area contributed by atoms with Crippen LogP contribution in [0.3, 0.4) is 0 Å². The molecule has 0 bridgehead atoms. The summed E-state index contributed by atoms with van der Waals surface area (Å²) in [5, 5.41) is 0. The number of fused-ring (bicyclic) bond motifs is 3. The first-order valence-electron chi connectivity index (χ1n) is 9.11. The second kappa shape index (κ2) is 6.36. The molecule has 0 saturated heterocycles. The van der Waals surface area contributed by atoms with Crippen LogP contribution in [0.4, 0.5) is 11.6 Å². The Hall–Kier alpha value is -3.36. The maximum Gasteiger partial charge on any atom is 0.332 e. The minimum absolute atomic E-state index is 0.255. The second-order valence-electron chi connectivity index (χ2n) is 7.40. The number of primary amides is 1. The molecule has 0 aliphatic carbocycles. The highest BCUT2D eigenvalue weighted by Crippen LogP contribution is 2.34. The molecular weight excluding hydrogens is 360 g/mol. The van der Waals surface area contributed by atoms with Crippen LogP contribution in [0.1, 0.15) is 12.5 Å². The fourth-order valence-electron chi connectivity index (χ4n) is 3.87. The number of aryl methyl sites for hydroxylation is 2. The van der Waals surface area contributed by atoms with Crippen LogP contribution in [-0.2, 0) is 24.9 Å². The number of carbonyl (C=O) groups excluding carboxylic acids is 1. The van der Waals surface area contributed by atoms with Crippen LogP contribution >= 0.6 is 0 Å². The van der Waals surface area contributed by atoms with Gasteiger partial charge in [0.15, 0.2) is 11.2 Å². The van der Waals surface area contributed by atoms with Gasteiger partial charge in [-0.3, -0.25) is 14.2 Å². The molecule has 9 heteroatoms. The van der Waals surface area contributed by atoms with E-state index in [-0.39, 0.29) is 5.92 Å². The number of hydrogen-bond acceptors (Lipinski definition) is 5. The van der Waals surface area contributed by atoms with E-state index in [1.807, 2.05) is 35.8 Å².